The first kappa shape index (κ1) is 11.4. The van der Waals surface area contributed by atoms with Gasteiger partial charge >= 0.3 is 7.60 Å². The first-order chi connectivity index (χ1) is 6.55. The van der Waals surface area contributed by atoms with Crippen LogP contribution in [0.2, 0.25) is 0 Å². The van der Waals surface area contributed by atoms with Crippen molar-refractivity contribution in [3.63, 3.8) is 0 Å². The van der Waals surface area contributed by atoms with Crippen molar-refractivity contribution in [3.05, 3.63) is 35.9 Å². The molecule has 0 saturated heterocycles. The van der Waals surface area contributed by atoms with Gasteiger partial charge in [0.1, 0.15) is 0 Å². The zero-order chi connectivity index (χ0) is 10.6. The van der Waals surface area contributed by atoms with E-state index in [2.05, 4.69) is 0 Å². The lowest BCUT2D eigenvalue weighted by Gasteiger charge is -2.17. The smallest absolute Gasteiger partial charge is 0.333 e. The summed E-state index contributed by atoms with van der Waals surface area (Å²) in [6, 6.07) is 8.52. The Kier molecular flexibility index (Phi) is 3.84. The highest BCUT2D eigenvalue weighted by atomic mass is 31.2. The van der Waals surface area contributed by atoms with E-state index in [9.17, 15) is 4.57 Å². The molecule has 14 heavy (non-hydrogen) atoms. The second-order valence-corrected chi connectivity index (χ2v) is 4.83. The first-order valence-corrected chi connectivity index (χ1v) is 5.95. The molecule has 1 rings (SSSR count). The third kappa shape index (κ3) is 2.93. The van der Waals surface area contributed by atoms with Crippen molar-refractivity contribution in [2.24, 2.45) is 0 Å². The van der Waals surface area contributed by atoms with Crippen LogP contribution in [-0.4, -0.2) is 21.5 Å². The van der Waals surface area contributed by atoms with E-state index in [1.165, 1.54) is 0 Å². The van der Waals surface area contributed by atoms with E-state index < -0.39 is 13.3 Å². The van der Waals surface area contributed by atoms with E-state index in [0.29, 0.717) is 5.56 Å². The van der Waals surface area contributed by atoms with Gasteiger partial charge in [-0.15, -0.1) is 0 Å². The fourth-order valence-corrected chi connectivity index (χ4v) is 2.34. The summed E-state index contributed by atoms with van der Waals surface area (Å²) in [5.74, 6) is 0. The van der Waals surface area contributed by atoms with E-state index in [-0.39, 0.29) is 13.0 Å². The van der Waals surface area contributed by atoms with Gasteiger partial charge in [-0.05, 0) is 12.0 Å². The van der Waals surface area contributed by atoms with E-state index in [1.54, 1.807) is 30.3 Å². The first-order valence-electron chi connectivity index (χ1n) is 4.26. The fourth-order valence-electron chi connectivity index (χ4n) is 1.33. The molecule has 1 aromatic carbocycles. The Balaban J connectivity index is 2.95. The Morgan fingerprint density at radius 3 is 2.21 bits per heavy atom. The summed E-state index contributed by atoms with van der Waals surface area (Å²) in [5.41, 5.74) is -0.330. The van der Waals surface area contributed by atoms with Gasteiger partial charge < -0.3 is 14.9 Å². The third-order valence-corrected chi connectivity index (χ3v) is 3.36. The van der Waals surface area contributed by atoms with Crippen molar-refractivity contribution in [1.29, 1.82) is 0 Å². The predicted octanol–water partition coefficient (Wildman–Crippen LogP) is 1.29. The van der Waals surface area contributed by atoms with Crippen molar-refractivity contribution in [2.45, 2.75) is 12.1 Å². The van der Waals surface area contributed by atoms with Crippen LogP contribution in [0.1, 0.15) is 17.6 Å². The van der Waals surface area contributed by atoms with Crippen molar-refractivity contribution in [1.82, 2.24) is 0 Å². The predicted molar refractivity (Wildman–Crippen MR) is 52.9 cm³/mol. The van der Waals surface area contributed by atoms with Crippen molar-refractivity contribution < 1.29 is 19.5 Å². The van der Waals surface area contributed by atoms with Gasteiger partial charge in [0, 0.05) is 6.61 Å². The van der Waals surface area contributed by atoms with Crippen LogP contribution < -0.4 is 0 Å². The Morgan fingerprint density at radius 2 is 1.79 bits per heavy atom. The molecule has 3 N–H and O–H groups in total. The number of rotatable bonds is 4. The molecule has 1 atom stereocenters. The average molecular weight is 216 g/mol. The molecule has 0 amide bonds. The third-order valence-electron chi connectivity index (χ3n) is 1.99. The molecule has 0 aliphatic carbocycles. The standard InChI is InChI=1S/C9H13O4P/c10-7-6-9(14(11,12)13)8-4-2-1-3-5-8/h1-5,9-10H,6-7H2,(H2,11,12,13)/t9-/m0/s1. The van der Waals surface area contributed by atoms with Gasteiger partial charge in [-0.25, -0.2) is 0 Å². The van der Waals surface area contributed by atoms with Crippen LogP contribution >= 0.6 is 7.60 Å². The second-order valence-electron chi connectivity index (χ2n) is 3.03. The highest BCUT2D eigenvalue weighted by Crippen LogP contribution is 2.53. The molecule has 0 aliphatic heterocycles. The van der Waals surface area contributed by atoms with Crippen molar-refractivity contribution in [2.75, 3.05) is 6.61 Å². The van der Waals surface area contributed by atoms with Crippen LogP contribution in [0.5, 0.6) is 0 Å². The number of hydrogen-bond acceptors (Lipinski definition) is 2. The fraction of sp³-hybridized carbons (Fsp3) is 0.333. The maximum absolute atomic E-state index is 11.1. The Bertz CT molecular complexity index is 319. The largest absolute Gasteiger partial charge is 0.396 e. The maximum Gasteiger partial charge on any atom is 0.333 e. The molecule has 0 saturated carbocycles. The molecule has 0 spiro atoms. The van der Waals surface area contributed by atoms with Crippen LogP contribution in [0.3, 0.4) is 0 Å². The highest BCUT2D eigenvalue weighted by Gasteiger charge is 2.29. The van der Waals surface area contributed by atoms with Crippen LogP contribution in [0, 0.1) is 0 Å². The summed E-state index contributed by atoms with van der Waals surface area (Å²) in [5, 5.41) is 8.72. The number of aliphatic hydroxyl groups excluding tert-OH is 1. The lowest BCUT2D eigenvalue weighted by molar-refractivity contribution is 0.274. The van der Waals surface area contributed by atoms with Gasteiger partial charge in [0.25, 0.3) is 0 Å². The minimum atomic E-state index is -4.17. The number of benzene rings is 1. The highest BCUT2D eigenvalue weighted by molar-refractivity contribution is 7.52. The van der Waals surface area contributed by atoms with E-state index in [1.807, 2.05) is 0 Å². The number of hydrogen-bond donors (Lipinski definition) is 3. The lowest BCUT2D eigenvalue weighted by Crippen LogP contribution is -2.02. The molecular weight excluding hydrogens is 203 g/mol. The molecule has 78 valence electrons. The second kappa shape index (κ2) is 4.71. The molecule has 0 heterocycles. The molecule has 0 aliphatic rings. The van der Waals surface area contributed by atoms with Crippen molar-refractivity contribution >= 4 is 7.60 Å². The Labute approximate surface area is 82.4 Å². The van der Waals surface area contributed by atoms with Crippen LogP contribution in [0.25, 0.3) is 0 Å². The molecule has 0 unspecified atom stereocenters. The zero-order valence-corrected chi connectivity index (χ0v) is 8.47. The summed E-state index contributed by atoms with van der Waals surface area (Å²) in [6.07, 6.45) is 0.0777. The maximum atomic E-state index is 11.1. The molecule has 0 aromatic heterocycles. The topological polar surface area (TPSA) is 77.8 Å². The monoisotopic (exact) mass is 216 g/mol. The number of aliphatic hydroxyl groups is 1. The summed E-state index contributed by atoms with van der Waals surface area (Å²) in [7, 11) is -4.17. The van der Waals surface area contributed by atoms with E-state index in [4.69, 9.17) is 14.9 Å². The summed E-state index contributed by atoms with van der Waals surface area (Å²) in [6.45, 7) is -0.231. The van der Waals surface area contributed by atoms with Gasteiger partial charge in [-0.1, -0.05) is 30.3 Å². The van der Waals surface area contributed by atoms with Crippen LogP contribution in [0.4, 0.5) is 0 Å². The summed E-state index contributed by atoms with van der Waals surface area (Å²) < 4.78 is 11.1. The summed E-state index contributed by atoms with van der Waals surface area (Å²) in [4.78, 5) is 18.1. The van der Waals surface area contributed by atoms with E-state index >= 15 is 0 Å². The molecule has 0 fully saturated rings. The molecule has 1 aromatic rings. The van der Waals surface area contributed by atoms with Gasteiger partial charge in [0.2, 0.25) is 0 Å². The Morgan fingerprint density at radius 1 is 1.21 bits per heavy atom. The Hall–Kier alpha value is -0.670. The minimum Gasteiger partial charge on any atom is -0.396 e. The van der Waals surface area contributed by atoms with Crippen LogP contribution in [-0.2, 0) is 4.57 Å². The van der Waals surface area contributed by atoms with Crippen LogP contribution in [0.15, 0.2) is 30.3 Å². The van der Waals surface area contributed by atoms with Crippen molar-refractivity contribution in [3.8, 4) is 0 Å². The van der Waals surface area contributed by atoms with Gasteiger partial charge in [-0.3, -0.25) is 4.57 Å². The molecule has 0 bridgehead atoms. The minimum absolute atomic E-state index is 0.0777. The zero-order valence-electron chi connectivity index (χ0n) is 7.58. The lowest BCUT2D eigenvalue weighted by atomic mass is 10.1. The van der Waals surface area contributed by atoms with E-state index in [0.717, 1.165) is 0 Å². The SMILES string of the molecule is O=P(O)(O)[C@@H](CCO)c1ccccc1. The van der Waals surface area contributed by atoms with Gasteiger partial charge in [0.05, 0.1) is 5.66 Å². The molecule has 4 nitrogen and oxygen atoms in total. The molecule has 0 radical (unpaired) electrons. The quantitative estimate of drug-likeness (QED) is 0.662. The molecular formula is C9H13O4P. The van der Waals surface area contributed by atoms with Gasteiger partial charge in [-0.2, -0.15) is 0 Å². The summed E-state index contributed by atoms with van der Waals surface area (Å²) >= 11 is 0. The average Bonchev–Trinajstić information content (AvgIpc) is 2.14. The van der Waals surface area contributed by atoms with Gasteiger partial charge in [0.15, 0.2) is 0 Å². The molecule has 5 heteroatoms. The normalized spacial score (nSPS) is 13.9.